The highest BCUT2D eigenvalue weighted by molar-refractivity contribution is 6.31. The number of hydrogen-bond donors (Lipinski definition) is 1. The second kappa shape index (κ2) is 11.9. The van der Waals surface area contributed by atoms with E-state index in [4.69, 9.17) is 25.8 Å². The lowest BCUT2D eigenvalue weighted by atomic mass is 9.90. The zero-order valence-electron chi connectivity index (χ0n) is 22.3. The minimum absolute atomic E-state index is 0.0240. The molecule has 39 heavy (non-hydrogen) atoms. The summed E-state index contributed by atoms with van der Waals surface area (Å²) in [5.74, 6) is 1.54. The number of aromatic nitrogens is 2. The lowest BCUT2D eigenvalue weighted by Gasteiger charge is -2.37. The number of ether oxygens (including phenoxy) is 3. The molecule has 0 atom stereocenters. The molecule has 0 amide bonds. The topological polar surface area (TPSA) is 85.8 Å². The van der Waals surface area contributed by atoms with Gasteiger partial charge in [0.15, 0.2) is 11.5 Å². The first-order chi connectivity index (χ1) is 18.8. The smallest absolute Gasteiger partial charge is 0.320 e. The minimum atomic E-state index is -0.526. The molecule has 0 bridgehead atoms. The van der Waals surface area contributed by atoms with Crippen LogP contribution in [-0.4, -0.2) is 59.3 Å². The van der Waals surface area contributed by atoms with Crippen LogP contribution in [0.4, 0.5) is 15.9 Å². The van der Waals surface area contributed by atoms with Crippen LogP contribution >= 0.6 is 11.6 Å². The Hall–Kier alpha value is -3.17. The van der Waals surface area contributed by atoms with Gasteiger partial charge in [-0.05, 0) is 56.9 Å². The van der Waals surface area contributed by atoms with Gasteiger partial charge < -0.3 is 19.5 Å². The lowest BCUT2D eigenvalue weighted by Crippen LogP contribution is -2.51. The van der Waals surface area contributed by atoms with E-state index in [0.29, 0.717) is 60.7 Å². The van der Waals surface area contributed by atoms with Crippen molar-refractivity contribution in [2.45, 2.75) is 51.6 Å². The molecular formula is C29H34ClFN4O4. The summed E-state index contributed by atoms with van der Waals surface area (Å²) in [6.07, 6.45) is 7.51. The number of halogens is 2. The van der Waals surface area contributed by atoms with E-state index in [-0.39, 0.29) is 17.5 Å². The van der Waals surface area contributed by atoms with E-state index in [1.54, 1.807) is 6.07 Å². The van der Waals surface area contributed by atoms with Crippen LogP contribution in [0.3, 0.4) is 0 Å². The molecule has 2 fully saturated rings. The average Bonchev–Trinajstić information content (AvgIpc) is 2.89. The predicted molar refractivity (Wildman–Crippen MR) is 148 cm³/mol. The van der Waals surface area contributed by atoms with Crippen molar-refractivity contribution in [1.82, 2.24) is 14.9 Å². The molecule has 1 saturated heterocycles. The molecule has 0 unspecified atom stereocenters. The van der Waals surface area contributed by atoms with Crippen LogP contribution in [0.1, 0.15) is 46.0 Å². The van der Waals surface area contributed by atoms with E-state index in [0.717, 1.165) is 18.2 Å². The maximum Gasteiger partial charge on any atom is 0.320 e. The first-order valence-electron chi connectivity index (χ1n) is 13.5. The fourth-order valence-electron chi connectivity index (χ4n) is 5.25. The highest BCUT2D eigenvalue weighted by Gasteiger charge is 2.32. The lowest BCUT2D eigenvalue weighted by molar-refractivity contribution is -0.169. The summed E-state index contributed by atoms with van der Waals surface area (Å²) < 4.78 is 31.6. The van der Waals surface area contributed by atoms with Gasteiger partial charge in [0, 0.05) is 30.2 Å². The maximum absolute atomic E-state index is 13.7. The minimum Gasteiger partial charge on any atom is -0.489 e. The molecule has 208 valence electrons. The molecule has 1 saturated carbocycles. The third kappa shape index (κ3) is 7.08. The summed E-state index contributed by atoms with van der Waals surface area (Å²) in [6, 6.07) is 8.17. The van der Waals surface area contributed by atoms with Gasteiger partial charge in [0.2, 0.25) is 0 Å². The largest absolute Gasteiger partial charge is 0.489 e. The fraction of sp³-hybridized carbons (Fsp3) is 0.483. The Morgan fingerprint density at radius 3 is 2.69 bits per heavy atom. The van der Waals surface area contributed by atoms with Gasteiger partial charge in [0.05, 0.1) is 23.7 Å². The monoisotopic (exact) mass is 556 g/mol. The molecular weight excluding hydrogens is 523 g/mol. The van der Waals surface area contributed by atoms with Crippen LogP contribution in [0.25, 0.3) is 10.9 Å². The molecule has 0 radical (unpaired) electrons. The van der Waals surface area contributed by atoms with Crippen LogP contribution in [0, 0.1) is 11.7 Å². The van der Waals surface area contributed by atoms with Gasteiger partial charge in [-0.2, -0.15) is 0 Å². The molecule has 0 spiro atoms. The van der Waals surface area contributed by atoms with E-state index >= 15 is 0 Å². The number of morpholine rings is 1. The summed E-state index contributed by atoms with van der Waals surface area (Å²) >= 11 is 5.97. The number of nitrogens with one attached hydrogen (secondary N) is 1. The van der Waals surface area contributed by atoms with Crippen molar-refractivity contribution in [3.63, 3.8) is 0 Å². The van der Waals surface area contributed by atoms with Crippen molar-refractivity contribution in [3.8, 4) is 11.5 Å². The molecule has 10 heteroatoms. The second-order valence-corrected chi connectivity index (χ2v) is 11.3. The Balaban J connectivity index is 1.37. The van der Waals surface area contributed by atoms with Crippen LogP contribution in [0.15, 0.2) is 36.7 Å². The highest BCUT2D eigenvalue weighted by Crippen LogP contribution is 2.36. The van der Waals surface area contributed by atoms with Gasteiger partial charge in [-0.3, -0.25) is 9.69 Å². The normalized spacial score (nSPS) is 18.1. The zero-order chi connectivity index (χ0) is 27.4. The fourth-order valence-corrected chi connectivity index (χ4v) is 5.43. The third-order valence-electron chi connectivity index (χ3n) is 7.09. The number of benzene rings is 2. The molecule has 1 N–H and O–H groups in total. The number of nitrogens with zero attached hydrogens (tertiary/aromatic N) is 3. The van der Waals surface area contributed by atoms with Crippen molar-refractivity contribution in [3.05, 3.63) is 47.5 Å². The number of anilines is 2. The van der Waals surface area contributed by atoms with Crippen LogP contribution in [0.2, 0.25) is 5.02 Å². The van der Waals surface area contributed by atoms with E-state index in [1.807, 2.05) is 30.9 Å². The van der Waals surface area contributed by atoms with E-state index in [9.17, 15) is 9.18 Å². The molecule has 3 aromatic rings. The molecule has 2 aliphatic rings. The molecule has 1 aliphatic heterocycles. The number of carbonyl (C=O) groups excluding carboxylic acids is 1. The van der Waals surface area contributed by atoms with Crippen molar-refractivity contribution < 1.29 is 23.4 Å². The van der Waals surface area contributed by atoms with Crippen LogP contribution in [-0.2, 0) is 9.53 Å². The number of carbonyl (C=O) groups is 1. The van der Waals surface area contributed by atoms with Gasteiger partial charge in [0.1, 0.15) is 30.2 Å². The molecule has 1 aromatic heterocycles. The van der Waals surface area contributed by atoms with E-state index in [2.05, 4.69) is 15.3 Å². The Labute approximate surface area is 232 Å². The maximum atomic E-state index is 13.7. The summed E-state index contributed by atoms with van der Waals surface area (Å²) in [5, 5.41) is 3.98. The summed E-state index contributed by atoms with van der Waals surface area (Å²) in [5.41, 5.74) is 0.750. The Morgan fingerprint density at radius 2 is 1.92 bits per heavy atom. The van der Waals surface area contributed by atoms with Gasteiger partial charge >= 0.3 is 5.97 Å². The van der Waals surface area contributed by atoms with Crippen molar-refractivity contribution in [1.29, 1.82) is 0 Å². The molecule has 5 rings (SSSR count). The first kappa shape index (κ1) is 27.4. The first-order valence-corrected chi connectivity index (χ1v) is 13.8. The van der Waals surface area contributed by atoms with Crippen molar-refractivity contribution >= 4 is 40.0 Å². The zero-order valence-corrected chi connectivity index (χ0v) is 23.1. The summed E-state index contributed by atoms with van der Waals surface area (Å²) in [6.45, 7) is 6.25. The number of hydrogen-bond acceptors (Lipinski definition) is 8. The average molecular weight is 557 g/mol. The molecule has 2 aromatic carbocycles. The predicted octanol–water partition coefficient (Wildman–Crippen LogP) is 6.14. The summed E-state index contributed by atoms with van der Waals surface area (Å²) in [4.78, 5) is 22.9. The quantitative estimate of drug-likeness (QED) is 0.314. The van der Waals surface area contributed by atoms with Gasteiger partial charge in [-0.1, -0.05) is 30.9 Å². The Morgan fingerprint density at radius 1 is 1.13 bits per heavy atom. The number of esters is 1. The molecule has 2 heterocycles. The number of cyclic esters (lactones) is 1. The van der Waals surface area contributed by atoms with Crippen LogP contribution in [0.5, 0.6) is 11.5 Å². The number of rotatable bonds is 9. The number of fused-ring (bicyclic) bond motifs is 1. The Kier molecular flexibility index (Phi) is 8.37. The van der Waals surface area contributed by atoms with E-state index < -0.39 is 11.4 Å². The van der Waals surface area contributed by atoms with E-state index in [1.165, 1.54) is 37.7 Å². The Bertz CT molecular complexity index is 1330. The van der Waals surface area contributed by atoms with Crippen molar-refractivity contribution in [2.24, 2.45) is 5.92 Å². The van der Waals surface area contributed by atoms with Crippen LogP contribution < -0.4 is 14.8 Å². The van der Waals surface area contributed by atoms with Crippen molar-refractivity contribution in [2.75, 3.05) is 38.2 Å². The molecule has 1 aliphatic carbocycles. The molecule has 8 nitrogen and oxygen atoms in total. The van der Waals surface area contributed by atoms with Gasteiger partial charge in [0.25, 0.3) is 0 Å². The standard InChI is InChI=1S/C29H34ClFN4O4/c1-29(2)17-35(15-27(36)39-29)10-11-37-26-14-24-21(13-25(26)38-16-19-6-4-3-5-7-19)28(33-18-32-24)34-20-8-9-23(31)22(30)12-20/h8-9,12-14,18-19H,3-7,10-11,15-17H2,1-2H3,(H,32,33,34). The highest BCUT2D eigenvalue weighted by atomic mass is 35.5. The summed E-state index contributed by atoms with van der Waals surface area (Å²) in [7, 11) is 0. The second-order valence-electron chi connectivity index (χ2n) is 10.9. The van der Waals surface area contributed by atoms with Gasteiger partial charge in [-0.25, -0.2) is 14.4 Å². The van der Waals surface area contributed by atoms with Gasteiger partial charge in [-0.15, -0.1) is 0 Å². The third-order valence-corrected chi connectivity index (χ3v) is 7.38. The SMILES string of the molecule is CC1(C)CN(CCOc2cc3ncnc(Nc4ccc(F)c(Cl)c4)c3cc2OCC2CCCCC2)CC(=O)O1.